The van der Waals surface area contributed by atoms with Gasteiger partial charge >= 0.3 is 11.9 Å². The molecule has 0 amide bonds. The molecular weight excluding hydrogens is 589 g/mol. The smallest absolute Gasteiger partial charge is 0.348 e. The van der Waals surface area contributed by atoms with Crippen LogP contribution in [0.5, 0.6) is 11.5 Å². The van der Waals surface area contributed by atoms with Gasteiger partial charge in [0.2, 0.25) is 0 Å². The van der Waals surface area contributed by atoms with Crippen molar-refractivity contribution in [1.82, 2.24) is 0 Å². The van der Waals surface area contributed by atoms with Crippen LogP contribution in [0, 0.1) is 18.3 Å². The third-order valence-corrected chi connectivity index (χ3v) is 7.66. The van der Waals surface area contributed by atoms with Gasteiger partial charge in [-0.15, -0.1) is 11.3 Å². The summed E-state index contributed by atoms with van der Waals surface area (Å²) in [6, 6.07) is 12.0. The molecule has 3 aromatic rings. The Hall–Kier alpha value is -3.84. The van der Waals surface area contributed by atoms with E-state index in [0.29, 0.717) is 37.5 Å². The van der Waals surface area contributed by atoms with E-state index in [2.05, 4.69) is 0 Å². The van der Waals surface area contributed by atoms with Gasteiger partial charge < -0.3 is 18.9 Å². The molecule has 3 rings (SSSR count). The van der Waals surface area contributed by atoms with Gasteiger partial charge in [-0.05, 0) is 62.2 Å². The van der Waals surface area contributed by atoms with Crippen molar-refractivity contribution in [3.63, 3.8) is 0 Å². The summed E-state index contributed by atoms with van der Waals surface area (Å²) >= 11 is 13.2. The number of benzene rings is 2. The highest BCUT2D eigenvalue weighted by Gasteiger charge is 2.28. The van der Waals surface area contributed by atoms with Gasteiger partial charge in [0.15, 0.2) is 17.3 Å². The maximum absolute atomic E-state index is 13.2. The van der Waals surface area contributed by atoms with E-state index in [4.69, 9.17) is 42.1 Å². The standard InChI is InChI=1S/C30H27Cl2NO7S/c1-5-38-29(35)27-17(3)28(30(36)39-6-2)41-26(27)14-23(34)20(15-33)11-18-7-10-24(25(12-18)37-4)40-16-19-8-9-21(31)13-22(19)32/h7-13H,5-6,14,16H2,1-4H3/b20-11+. The number of carbonyl (C=O) groups is 3. The van der Waals surface area contributed by atoms with Crippen molar-refractivity contribution >= 4 is 58.3 Å². The van der Waals surface area contributed by atoms with Crippen molar-refractivity contribution in [2.75, 3.05) is 20.3 Å². The first-order valence-electron chi connectivity index (χ1n) is 12.5. The highest BCUT2D eigenvalue weighted by molar-refractivity contribution is 7.14. The molecule has 1 aromatic heterocycles. The summed E-state index contributed by atoms with van der Waals surface area (Å²) < 4.78 is 21.6. The molecule has 0 spiro atoms. The van der Waals surface area contributed by atoms with E-state index in [-0.39, 0.29) is 42.3 Å². The Morgan fingerprint density at radius 2 is 1.71 bits per heavy atom. The van der Waals surface area contributed by atoms with Crippen molar-refractivity contribution in [3.05, 3.63) is 84.0 Å². The molecule has 214 valence electrons. The predicted molar refractivity (Wildman–Crippen MR) is 157 cm³/mol. The number of hydrogen-bond donors (Lipinski definition) is 0. The van der Waals surface area contributed by atoms with Gasteiger partial charge in [-0.2, -0.15) is 5.26 Å². The molecular formula is C30H27Cl2NO7S. The third-order valence-electron chi connectivity index (χ3n) is 5.80. The van der Waals surface area contributed by atoms with Crippen LogP contribution in [-0.4, -0.2) is 38.0 Å². The van der Waals surface area contributed by atoms with Gasteiger partial charge in [-0.25, -0.2) is 9.59 Å². The summed E-state index contributed by atoms with van der Waals surface area (Å²) in [7, 11) is 1.47. The SMILES string of the molecule is CCOC(=O)c1sc(CC(=O)/C(C#N)=C/c2ccc(OCc3ccc(Cl)cc3Cl)c(OC)c2)c(C(=O)OCC)c1C. The lowest BCUT2D eigenvalue weighted by atomic mass is 10.0. The molecule has 0 aliphatic heterocycles. The molecule has 0 bridgehead atoms. The van der Waals surface area contributed by atoms with E-state index < -0.39 is 17.7 Å². The predicted octanol–water partition coefficient (Wildman–Crippen LogP) is 7.02. The lowest BCUT2D eigenvalue weighted by Crippen LogP contribution is -2.12. The molecule has 41 heavy (non-hydrogen) atoms. The molecule has 0 atom stereocenters. The van der Waals surface area contributed by atoms with E-state index >= 15 is 0 Å². The molecule has 0 aliphatic carbocycles. The number of carbonyl (C=O) groups excluding carboxylic acids is 3. The summed E-state index contributed by atoms with van der Waals surface area (Å²) in [4.78, 5) is 38.8. The highest BCUT2D eigenvalue weighted by atomic mass is 35.5. The number of allylic oxidation sites excluding steroid dienone is 1. The van der Waals surface area contributed by atoms with Crippen molar-refractivity contribution in [1.29, 1.82) is 5.26 Å². The maximum atomic E-state index is 13.2. The van der Waals surface area contributed by atoms with Crippen LogP contribution in [0.2, 0.25) is 10.0 Å². The molecule has 2 aromatic carbocycles. The van der Waals surface area contributed by atoms with Gasteiger partial charge in [0.25, 0.3) is 0 Å². The van der Waals surface area contributed by atoms with Crippen LogP contribution in [0.25, 0.3) is 6.08 Å². The fourth-order valence-electron chi connectivity index (χ4n) is 3.83. The number of rotatable bonds is 12. The average Bonchev–Trinajstić information content (AvgIpc) is 3.27. The zero-order valence-corrected chi connectivity index (χ0v) is 25.2. The summed E-state index contributed by atoms with van der Waals surface area (Å²) in [5.74, 6) is -0.969. The molecule has 8 nitrogen and oxygen atoms in total. The molecule has 0 fully saturated rings. The minimum atomic E-state index is -0.651. The first-order chi connectivity index (χ1) is 19.6. The third kappa shape index (κ3) is 7.88. The van der Waals surface area contributed by atoms with Gasteiger partial charge in [-0.1, -0.05) is 35.3 Å². The number of hydrogen-bond acceptors (Lipinski definition) is 9. The minimum Gasteiger partial charge on any atom is -0.493 e. The molecule has 0 aliphatic rings. The zero-order chi connectivity index (χ0) is 30.1. The first-order valence-corrected chi connectivity index (χ1v) is 14.1. The number of nitriles is 1. The number of thiophene rings is 1. The van der Waals surface area contributed by atoms with E-state index in [1.165, 1.54) is 13.2 Å². The summed E-state index contributed by atoms with van der Waals surface area (Å²) in [5, 5.41) is 10.8. The Morgan fingerprint density at radius 1 is 1.00 bits per heavy atom. The van der Waals surface area contributed by atoms with Gasteiger partial charge in [0.05, 0.1) is 31.5 Å². The average molecular weight is 617 g/mol. The second kappa shape index (κ2) is 14.7. The number of halogens is 2. The monoisotopic (exact) mass is 615 g/mol. The topological polar surface area (TPSA) is 112 Å². The largest absolute Gasteiger partial charge is 0.493 e. The van der Waals surface area contributed by atoms with Gasteiger partial charge in [-0.3, -0.25) is 4.79 Å². The van der Waals surface area contributed by atoms with Crippen LogP contribution in [0.15, 0.2) is 42.0 Å². The number of Topliss-reactive ketones (excluding diaryl/α,β-unsaturated/α-hetero) is 1. The van der Waals surface area contributed by atoms with Crippen molar-refractivity contribution in [3.8, 4) is 17.6 Å². The maximum Gasteiger partial charge on any atom is 0.348 e. The fourth-order valence-corrected chi connectivity index (χ4v) is 5.48. The van der Waals surface area contributed by atoms with E-state index in [9.17, 15) is 19.6 Å². The van der Waals surface area contributed by atoms with Crippen molar-refractivity contribution in [2.24, 2.45) is 0 Å². The van der Waals surface area contributed by atoms with Crippen LogP contribution in [0.3, 0.4) is 0 Å². The Bertz CT molecular complexity index is 1540. The first kappa shape index (κ1) is 31.7. The molecule has 0 N–H and O–H groups in total. The lowest BCUT2D eigenvalue weighted by molar-refractivity contribution is -0.114. The summed E-state index contributed by atoms with van der Waals surface area (Å²) in [6.07, 6.45) is 1.14. The Kier molecular flexibility index (Phi) is 11.4. The number of esters is 2. The fraction of sp³-hybridized carbons (Fsp3) is 0.267. The molecule has 1 heterocycles. The number of ketones is 1. The van der Waals surface area contributed by atoms with Crippen LogP contribution >= 0.6 is 34.5 Å². The van der Waals surface area contributed by atoms with E-state index in [0.717, 1.165) is 16.9 Å². The van der Waals surface area contributed by atoms with Gasteiger partial charge in [0, 0.05) is 26.9 Å². The molecule has 11 heteroatoms. The second-order valence-corrected chi connectivity index (χ2v) is 10.4. The summed E-state index contributed by atoms with van der Waals surface area (Å²) in [6.45, 7) is 5.37. The highest BCUT2D eigenvalue weighted by Crippen LogP contribution is 2.33. The normalized spacial score (nSPS) is 11.0. The van der Waals surface area contributed by atoms with E-state index in [1.54, 1.807) is 57.2 Å². The summed E-state index contributed by atoms with van der Waals surface area (Å²) in [5.41, 5.74) is 1.61. The van der Waals surface area contributed by atoms with Crippen LogP contribution in [-0.2, 0) is 27.3 Å². The molecule has 0 unspecified atom stereocenters. The van der Waals surface area contributed by atoms with Crippen LogP contribution in [0.4, 0.5) is 0 Å². The number of ether oxygens (including phenoxy) is 4. The molecule has 0 radical (unpaired) electrons. The van der Waals surface area contributed by atoms with Crippen LogP contribution < -0.4 is 9.47 Å². The van der Waals surface area contributed by atoms with E-state index in [1.807, 2.05) is 6.07 Å². The molecule has 0 saturated carbocycles. The van der Waals surface area contributed by atoms with Crippen molar-refractivity contribution in [2.45, 2.75) is 33.8 Å². The Morgan fingerprint density at radius 3 is 2.34 bits per heavy atom. The second-order valence-electron chi connectivity index (χ2n) is 8.50. The lowest BCUT2D eigenvalue weighted by Gasteiger charge is -2.12. The molecule has 0 saturated heterocycles. The number of methoxy groups -OCH3 is 1. The number of nitrogens with zero attached hydrogens (tertiary/aromatic N) is 1. The van der Waals surface area contributed by atoms with Crippen molar-refractivity contribution < 1.29 is 33.3 Å². The minimum absolute atomic E-state index is 0.119. The zero-order valence-electron chi connectivity index (χ0n) is 22.8. The van der Waals surface area contributed by atoms with Crippen LogP contribution in [0.1, 0.15) is 55.4 Å². The Labute approximate surface area is 252 Å². The quantitative estimate of drug-likeness (QED) is 0.121. The Balaban J connectivity index is 1.86. The van der Waals surface area contributed by atoms with Gasteiger partial charge in [0.1, 0.15) is 17.6 Å².